The van der Waals surface area contributed by atoms with Gasteiger partial charge in [0.25, 0.3) is 0 Å². The standard InChI is InChI=1S/C16H22BrN3O/c1-5-13-16(17)14(20(4)19-13)9-21-15-7-6-12(11(3)18)8-10(15)2/h6-8,11H,5,9,18H2,1-4H3. The summed E-state index contributed by atoms with van der Waals surface area (Å²) in [5, 5.41) is 4.47. The predicted octanol–water partition coefficient (Wildman–Crippen LogP) is 3.65. The number of nitrogens with zero attached hydrogens (tertiary/aromatic N) is 2. The molecule has 5 heteroatoms. The summed E-state index contributed by atoms with van der Waals surface area (Å²) in [6.45, 7) is 6.60. The van der Waals surface area contributed by atoms with Gasteiger partial charge in [-0.05, 0) is 53.4 Å². The van der Waals surface area contributed by atoms with E-state index in [9.17, 15) is 0 Å². The Morgan fingerprint density at radius 1 is 1.43 bits per heavy atom. The maximum Gasteiger partial charge on any atom is 0.131 e. The Bertz CT molecular complexity index is 635. The number of nitrogens with two attached hydrogens (primary N) is 1. The Hall–Kier alpha value is -1.33. The Labute approximate surface area is 134 Å². The highest BCUT2D eigenvalue weighted by molar-refractivity contribution is 9.10. The third kappa shape index (κ3) is 3.47. The molecule has 0 spiro atoms. The molecule has 0 fully saturated rings. The number of hydrogen-bond acceptors (Lipinski definition) is 3. The molecule has 1 aromatic heterocycles. The number of aromatic nitrogens is 2. The van der Waals surface area contributed by atoms with Gasteiger partial charge in [0.05, 0.1) is 15.9 Å². The number of benzene rings is 1. The second kappa shape index (κ2) is 6.62. The van der Waals surface area contributed by atoms with Gasteiger partial charge in [0.15, 0.2) is 0 Å². The lowest BCUT2D eigenvalue weighted by Gasteiger charge is -2.12. The minimum atomic E-state index is 0.0380. The molecule has 1 atom stereocenters. The molecule has 21 heavy (non-hydrogen) atoms. The lowest BCUT2D eigenvalue weighted by Crippen LogP contribution is -2.07. The van der Waals surface area contributed by atoms with Crippen LogP contribution in [0, 0.1) is 6.92 Å². The molecule has 0 saturated heterocycles. The molecule has 0 aliphatic heterocycles. The van der Waals surface area contributed by atoms with Crippen LogP contribution in [0.3, 0.4) is 0 Å². The number of rotatable bonds is 5. The number of halogens is 1. The molecule has 1 aromatic carbocycles. The highest BCUT2D eigenvalue weighted by atomic mass is 79.9. The monoisotopic (exact) mass is 351 g/mol. The van der Waals surface area contributed by atoms with Gasteiger partial charge in [0, 0.05) is 13.1 Å². The fourth-order valence-corrected chi connectivity index (χ4v) is 2.97. The van der Waals surface area contributed by atoms with Crippen LogP contribution in [0.1, 0.15) is 42.4 Å². The zero-order valence-electron chi connectivity index (χ0n) is 13.0. The summed E-state index contributed by atoms with van der Waals surface area (Å²) in [6, 6.07) is 6.12. The van der Waals surface area contributed by atoms with Gasteiger partial charge >= 0.3 is 0 Å². The van der Waals surface area contributed by atoms with Crippen molar-refractivity contribution in [2.75, 3.05) is 0 Å². The molecular weight excluding hydrogens is 330 g/mol. The molecule has 0 bridgehead atoms. The van der Waals surface area contributed by atoms with Crippen LogP contribution >= 0.6 is 15.9 Å². The molecule has 2 aromatic rings. The smallest absolute Gasteiger partial charge is 0.131 e. The first-order valence-corrected chi connectivity index (χ1v) is 7.92. The number of ether oxygens (including phenoxy) is 1. The summed E-state index contributed by atoms with van der Waals surface area (Å²) in [4.78, 5) is 0. The van der Waals surface area contributed by atoms with Crippen molar-refractivity contribution in [3.8, 4) is 5.75 Å². The van der Waals surface area contributed by atoms with E-state index in [1.54, 1.807) is 0 Å². The highest BCUT2D eigenvalue weighted by Gasteiger charge is 2.13. The first kappa shape index (κ1) is 16.0. The SMILES string of the molecule is CCc1nn(C)c(COc2ccc(C(C)N)cc2C)c1Br. The fourth-order valence-electron chi connectivity index (χ4n) is 2.24. The van der Waals surface area contributed by atoms with E-state index >= 15 is 0 Å². The van der Waals surface area contributed by atoms with E-state index in [1.165, 1.54) is 0 Å². The summed E-state index contributed by atoms with van der Waals surface area (Å²) in [6.07, 6.45) is 0.899. The number of aryl methyl sites for hydroxylation is 3. The van der Waals surface area contributed by atoms with E-state index in [0.29, 0.717) is 6.61 Å². The van der Waals surface area contributed by atoms with Crippen molar-refractivity contribution < 1.29 is 4.74 Å². The lowest BCUT2D eigenvalue weighted by atomic mass is 10.1. The zero-order valence-corrected chi connectivity index (χ0v) is 14.6. The van der Waals surface area contributed by atoms with Gasteiger partial charge in [-0.1, -0.05) is 19.1 Å². The first-order chi connectivity index (χ1) is 9.93. The molecule has 2 N–H and O–H groups in total. The van der Waals surface area contributed by atoms with Crippen LogP contribution in [0.2, 0.25) is 0 Å². The maximum atomic E-state index is 5.95. The van der Waals surface area contributed by atoms with Crippen molar-refractivity contribution in [2.24, 2.45) is 12.8 Å². The Kier molecular flexibility index (Phi) is 5.06. The first-order valence-electron chi connectivity index (χ1n) is 7.13. The van der Waals surface area contributed by atoms with Gasteiger partial charge < -0.3 is 10.5 Å². The van der Waals surface area contributed by atoms with E-state index < -0.39 is 0 Å². The minimum absolute atomic E-state index is 0.0380. The highest BCUT2D eigenvalue weighted by Crippen LogP contribution is 2.26. The molecule has 0 aliphatic rings. The molecule has 0 aliphatic carbocycles. The van der Waals surface area contributed by atoms with Crippen molar-refractivity contribution in [1.82, 2.24) is 9.78 Å². The molecule has 1 unspecified atom stereocenters. The van der Waals surface area contributed by atoms with Gasteiger partial charge in [0.1, 0.15) is 12.4 Å². The summed E-state index contributed by atoms with van der Waals surface area (Å²) in [7, 11) is 1.94. The minimum Gasteiger partial charge on any atom is -0.487 e. The Morgan fingerprint density at radius 3 is 2.67 bits per heavy atom. The van der Waals surface area contributed by atoms with Crippen molar-refractivity contribution in [3.63, 3.8) is 0 Å². The van der Waals surface area contributed by atoms with E-state index in [1.807, 2.05) is 37.7 Å². The molecule has 114 valence electrons. The molecular formula is C16H22BrN3O. The molecule has 0 saturated carbocycles. The second-order valence-electron chi connectivity index (χ2n) is 5.29. The van der Waals surface area contributed by atoms with Crippen LogP contribution in [0.4, 0.5) is 0 Å². The average molecular weight is 352 g/mol. The van der Waals surface area contributed by atoms with E-state index in [0.717, 1.165) is 39.2 Å². The normalized spacial score (nSPS) is 12.5. The second-order valence-corrected chi connectivity index (χ2v) is 6.08. The van der Waals surface area contributed by atoms with Crippen LogP contribution in [0.25, 0.3) is 0 Å². The Morgan fingerprint density at radius 2 is 2.14 bits per heavy atom. The van der Waals surface area contributed by atoms with E-state index in [-0.39, 0.29) is 6.04 Å². The van der Waals surface area contributed by atoms with Gasteiger partial charge in [-0.25, -0.2) is 0 Å². The summed E-state index contributed by atoms with van der Waals surface area (Å²) < 4.78 is 8.85. The van der Waals surface area contributed by atoms with Crippen LogP contribution in [-0.2, 0) is 20.1 Å². The summed E-state index contributed by atoms with van der Waals surface area (Å²) >= 11 is 3.61. The van der Waals surface area contributed by atoms with Gasteiger partial charge in [-0.2, -0.15) is 5.10 Å². The lowest BCUT2D eigenvalue weighted by molar-refractivity contribution is 0.292. The number of hydrogen-bond donors (Lipinski definition) is 1. The van der Waals surface area contributed by atoms with Crippen molar-refractivity contribution in [3.05, 3.63) is 45.2 Å². The maximum absolute atomic E-state index is 5.95. The van der Waals surface area contributed by atoms with E-state index in [4.69, 9.17) is 10.5 Å². The summed E-state index contributed by atoms with van der Waals surface area (Å²) in [5.74, 6) is 0.880. The van der Waals surface area contributed by atoms with Crippen LogP contribution in [0.5, 0.6) is 5.75 Å². The van der Waals surface area contributed by atoms with E-state index in [2.05, 4.69) is 34.0 Å². The predicted molar refractivity (Wildman–Crippen MR) is 88.4 cm³/mol. The average Bonchev–Trinajstić information content (AvgIpc) is 2.72. The molecule has 4 nitrogen and oxygen atoms in total. The topological polar surface area (TPSA) is 53.1 Å². The molecule has 0 amide bonds. The van der Waals surface area contributed by atoms with Crippen molar-refractivity contribution in [1.29, 1.82) is 0 Å². The third-order valence-electron chi connectivity index (χ3n) is 3.59. The van der Waals surface area contributed by atoms with Crippen molar-refractivity contribution >= 4 is 15.9 Å². The van der Waals surface area contributed by atoms with Gasteiger partial charge in [-0.15, -0.1) is 0 Å². The largest absolute Gasteiger partial charge is 0.487 e. The van der Waals surface area contributed by atoms with Crippen molar-refractivity contribution in [2.45, 2.75) is 39.8 Å². The van der Waals surface area contributed by atoms with Crippen LogP contribution in [0.15, 0.2) is 22.7 Å². The Balaban J connectivity index is 2.15. The quantitative estimate of drug-likeness (QED) is 0.894. The fraction of sp³-hybridized carbons (Fsp3) is 0.438. The molecule has 1 heterocycles. The third-order valence-corrected chi connectivity index (χ3v) is 4.51. The van der Waals surface area contributed by atoms with Crippen LogP contribution in [-0.4, -0.2) is 9.78 Å². The van der Waals surface area contributed by atoms with Gasteiger partial charge in [0.2, 0.25) is 0 Å². The van der Waals surface area contributed by atoms with Gasteiger partial charge in [-0.3, -0.25) is 4.68 Å². The molecule has 2 rings (SSSR count). The zero-order chi connectivity index (χ0) is 15.6. The summed E-state index contributed by atoms with van der Waals surface area (Å²) in [5.41, 5.74) is 10.2. The van der Waals surface area contributed by atoms with Crippen LogP contribution < -0.4 is 10.5 Å². The molecule has 0 radical (unpaired) electrons.